The van der Waals surface area contributed by atoms with Crippen molar-refractivity contribution in [3.05, 3.63) is 29.3 Å². The maximum Gasteiger partial charge on any atom is 0.154 e. The normalized spacial score (nSPS) is 13.6. The smallest absolute Gasteiger partial charge is 0.154 e. The van der Waals surface area contributed by atoms with E-state index in [-0.39, 0.29) is 16.9 Å². The Hall–Kier alpha value is -0.740. The highest BCUT2D eigenvalue weighted by Crippen LogP contribution is 2.20. The Labute approximate surface area is 114 Å². The highest BCUT2D eigenvalue weighted by Gasteiger charge is 2.23. The molecule has 1 atom stereocenters. The summed E-state index contributed by atoms with van der Waals surface area (Å²) in [5.41, 5.74) is 0.770. The minimum Gasteiger partial charge on any atom is -0.383 e. The maximum absolute atomic E-state index is 12.0. The van der Waals surface area contributed by atoms with Gasteiger partial charge in [-0.1, -0.05) is 37.6 Å². The second kappa shape index (κ2) is 6.43. The Morgan fingerprint density at radius 1 is 1.22 bits per heavy atom. The third-order valence-corrected chi connectivity index (χ3v) is 5.86. The van der Waals surface area contributed by atoms with Gasteiger partial charge in [-0.15, -0.1) is 0 Å². The average molecular weight is 290 g/mol. The largest absolute Gasteiger partial charge is 0.383 e. The summed E-state index contributed by atoms with van der Waals surface area (Å²) < 4.78 is 23.9. The van der Waals surface area contributed by atoms with Gasteiger partial charge in [-0.05, 0) is 25.0 Å². The molecule has 102 valence electrons. The number of halogens is 1. The predicted molar refractivity (Wildman–Crippen MR) is 78.0 cm³/mol. The van der Waals surface area contributed by atoms with E-state index in [0.717, 1.165) is 5.69 Å². The molecule has 5 heteroatoms. The number of para-hydroxylation sites is 1. The molecule has 0 saturated carbocycles. The molecule has 3 nitrogen and oxygen atoms in total. The van der Waals surface area contributed by atoms with Crippen molar-refractivity contribution in [2.75, 3.05) is 17.6 Å². The predicted octanol–water partition coefficient (Wildman–Crippen LogP) is 3.21. The second-order valence-electron chi connectivity index (χ2n) is 4.72. The standard InChI is InChI=1S/C13H20ClNO2S/c1-10(2)11(3)18(16,17)9-8-15-13-7-5-4-6-12(13)14/h4-7,10-11,15H,8-9H2,1-3H3. The van der Waals surface area contributed by atoms with Crippen LogP contribution < -0.4 is 5.32 Å². The molecule has 0 bridgehead atoms. The summed E-state index contributed by atoms with van der Waals surface area (Å²) in [6.07, 6.45) is 0. The SMILES string of the molecule is CC(C)C(C)S(=O)(=O)CCNc1ccccc1Cl. The first-order valence-electron chi connectivity index (χ1n) is 6.04. The number of benzene rings is 1. The highest BCUT2D eigenvalue weighted by molar-refractivity contribution is 7.92. The fourth-order valence-electron chi connectivity index (χ4n) is 1.53. The van der Waals surface area contributed by atoms with E-state index in [0.29, 0.717) is 11.6 Å². The molecule has 0 fully saturated rings. The van der Waals surface area contributed by atoms with E-state index in [1.807, 2.05) is 32.0 Å². The lowest BCUT2D eigenvalue weighted by atomic mass is 10.2. The number of sulfone groups is 1. The number of rotatable bonds is 6. The van der Waals surface area contributed by atoms with Gasteiger partial charge in [0.15, 0.2) is 9.84 Å². The van der Waals surface area contributed by atoms with Gasteiger partial charge in [0, 0.05) is 6.54 Å². The molecule has 1 aromatic rings. The summed E-state index contributed by atoms with van der Waals surface area (Å²) in [6.45, 7) is 5.98. The molecule has 1 unspecified atom stereocenters. The lowest BCUT2D eigenvalue weighted by molar-refractivity contribution is 0.546. The third kappa shape index (κ3) is 4.18. The van der Waals surface area contributed by atoms with Gasteiger partial charge in [-0.2, -0.15) is 0 Å². The molecule has 0 aliphatic carbocycles. The Morgan fingerprint density at radius 3 is 2.39 bits per heavy atom. The third-order valence-electron chi connectivity index (χ3n) is 3.08. The van der Waals surface area contributed by atoms with E-state index < -0.39 is 9.84 Å². The molecule has 0 spiro atoms. The number of nitrogens with one attached hydrogen (secondary N) is 1. The van der Waals surface area contributed by atoms with Gasteiger partial charge in [0.05, 0.1) is 21.7 Å². The van der Waals surface area contributed by atoms with E-state index in [4.69, 9.17) is 11.6 Å². The molecule has 0 aliphatic heterocycles. The van der Waals surface area contributed by atoms with Crippen molar-refractivity contribution in [2.45, 2.75) is 26.0 Å². The van der Waals surface area contributed by atoms with Crippen LogP contribution in [0.3, 0.4) is 0 Å². The molecule has 0 heterocycles. The van der Waals surface area contributed by atoms with Crippen molar-refractivity contribution < 1.29 is 8.42 Å². The Bertz CT molecular complexity index is 486. The number of hydrogen-bond donors (Lipinski definition) is 1. The van der Waals surface area contributed by atoms with Crippen molar-refractivity contribution in [2.24, 2.45) is 5.92 Å². The first-order valence-corrected chi connectivity index (χ1v) is 8.14. The van der Waals surface area contributed by atoms with Crippen LogP contribution in [-0.2, 0) is 9.84 Å². The van der Waals surface area contributed by atoms with Crippen LogP contribution in [0.25, 0.3) is 0 Å². The van der Waals surface area contributed by atoms with Gasteiger partial charge in [-0.25, -0.2) is 8.42 Å². The van der Waals surface area contributed by atoms with Crippen molar-refractivity contribution in [3.63, 3.8) is 0 Å². The fraction of sp³-hybridized carbons (Fsp3) is 0.538. The van der Waals surface area contributed by atoms with E-state index in [1.54, 1.807) is 13.0 Å². The average Bonchev–Trinajstić information content (AvgIpc) is 2.30. The maximum atomic E-state index is 12.0. The van der Waals surface area contributed by atoms with Gasteiger partial charge >= 0.3 is 0 Å². The molecular formula is C13H20ClNO2S. The summed E-state index contributed by atoms with van der Waals surface area (Å²) >= 11 is 5.98. The summed E-state index contributed by atoms with van der Waals surface area (Å²) in [7, 11) is -3.05. The first kappa shape index (κ1) is 15.3. The molecule has 1 aromatic carbocycles. The molecule has 1 rings (SSSR count). The summed E-state index contributed by atoms with van der Waals surface area (Å²) in [5, 5.41) is 3.34. The molecule has 0 aliphatic rings. The molecular weight excluding hydrogens is 270 g/mol. The fourth-order valence-corrected chi connectivity index (χ4v) is 3.32. The summed E-state index contributed by atoms with van der Waals surface area (Å²) in [5.74, 6) is 0.257. The van der Waals surface area contributed by atoms with E-state index in [9.17, 15) is 8.42 Å². The zero-order chi connectivity index (χ0) is 13.8. The van der Waals surface area contributed by atoms with Gasteiger partial charge in [0.1, 0.15) is 0 Å². The van der Waals surface area contributed by atoms with E-state index >= 15 is 0 Å². The Balaban J connectivity index is 2.55. The first-order chi connectivity index (χ1) is 8.34. The van der Waals surface area contributed by atoms with Crippen LogP contribution in [0.2, 0.25) is 5.02 Å². The van der Waals surface area contributed by atoms with Crippen LogP contribution >= 0.6 is 11.6 Å². The minimum absolute atomic E-state index is 0.123. The number of hydrogen-bond acceptors (Lipinski definition) is 3. The zero-order valence-corrected chi connectivity index (χ0v) is 12.6. The molecule has 0 aromatic heterocycles. The zero-order valence-electron chi connectivity index (χ0n) is 11.0. The molecule has 18 heavy (non-hydrogen) atoms. The van der Waals surface area contributed by atoms with Crippen molar-refractivity contribution >= 4 is 27.1 Å². The Kier molecular flexibility index (Phi) is 5.47. The molecule has 0 amide bonds. The molecule has 0 saturated heterocycles. The highest BCUT2D eigenvalue weighted by atomic mass is 35.5. The van der Waals surface area contributed by atoms with Gasteiger partial charge in [0.2, 0.25) is 0 Å². The number of anilines is 1. The van der Waals surface area contributed by atoms with Crippen LogP contribution in [0.15, 0.2) is 24.3 Å². The van der Waals surface area contributed by atoms with Crippen molar-refractivity contribution in [1.29, 1.82) is 0 Å². The van der Waals surface area contributed by atoms with Crippen LogP contribution in [0, 0.1) is 5.92 Å². The van der Waals surface area contributed by atoms with Crippen molar-refractivity contribution in [1.82, 2.24) is 0 Å². The minimum atomic E-state index is -3.05. The molecule has 1 N–H and O–H groups in total. The van der Waals surface area contributed by atoms with Crippen LogP contribution in [-0.4, -0.2) is 26.0 Å². The quantitative estimate of drug-likeness (QED) is 0.875. The monoisotopic (exact) mass is 289 g/mol. The summed E-state index contributed by atoms with van der Waals surface area (Å²) in [6, 6.07) is 7.31. The lowest BCUT2D eigenvalue weighted by Gasteiger charge is -2.17. The van der Waals surface area contributed by atoms with Crippen molar-refractivity contribution in [3.8, 4) is 0 Å². The topological polar surface area (TPSA) is 46.2 Å². The lowest BCUT2D eigenvalue weighted by Crippen LogP contribution is -2.29. The van der Waals surface area contributed by atoms with Gasteiger partial charge in [-0.3, -0.25) is 0 Å². The van der Waals surface area contributed by atoms with Gasteiger partial charge in [0.25, 0.3) is 0 Å². The van der Waals surface area contributed by atoms with Crippen LogP contribution in [0.5, 0.6) is 0 Å². The van der Waals surface area contributed by atoms with Crippen LogP contribution in [0.4, 0.5) is 5.69 Å². The summed E-state index contributed by atoms with van der Waals surface area (Å²) in [4.78, 5) is 0. The van der Waals surface area contributed by atoms with Gasteiger partial charge < -0.3 is 5.32 Å². The molecule has 0 radical (unpaired) electrons. The van der Waals surface area contributed by atoms with Crippen LogP contribution in [0.1, 0.15) is 20.8 Å². The van der Waals surface area contributed by atoms with E-state index in [2.05, 4.69) is 5.32 Å². The second-order valence-corrected chi connectivity index (χ2v) is 7.61. The van der Waals surface area contributed by atoms with E-state index in [1.165, 1.54) is 0 Å². The Morgan fingerprint density at radius 2 is 1.83 bits per heavy atom.